The summed E-state index contributed by atoms with van der Waals surface area (Å²) < 4.78 is 27.3. The van der Waals surface area contributed by atoms with Crippen LogP contribution in [0.1, 0.15) is 39.1 Å². The van der Waals surface area contributed by atoms with E-state index in [2.05, 4.69) is 21.9 Å². The second-order valence-corrected chi connectivity index (χ2v) is 8.12. The highest BCUT2D eigenvalue weighted by atomic mass is 32.2. The molecule has 0 saturated heterocycles. The zero-order valence-electron chi connectivity index (χ0n) is 11.9. The van der Waals surface area contributed by atoms with E-state index >= 15 is 0 Å². The maximum atomic E-state index is 12.3. The Kier molecular flexibility index (Phi) is 5.91. The van der Waals surface area contributed by atoms with Crippen LogP contribution in [0.15, 0.2) is 11.6 Å². The van der Waals surface area contributed by atoms with Crippen LogP contribution in [0.4, 0.5) is 0 Å². The molecule has 7 heteroatoms. The Morgan fingerprint density at radius 2 is 2.16 bits per heavy atom. The van der Waals surface area contributed by atoms with E-state index in [1.54, 1.807) is 13.1 Å². The molecule has 19 heavy (non-hydrogen) atoms. The first-order valence-corrected chi connectivity index (χ1v) is 8.85. The minimum atomic E-state index is -3.37. The standard InChI is InChI=1S/C12H23N3O2S2/c1-5-6-13-9-10(2)19(16,17)15-12(3,4)11-14-7-8-18-11/h7-8,10,13,15H,5-6,9H2,1-4H3. The van der Waals surface area contributed by atoms with Gasteiger partial charge in [0.1, 0.15) is 5.01 Å². The van der Waals surface area contributed by atoms with E-state index in [-0.39, 0.29) is 0 Å². The van der Waals surface area contributed by atoms with Gasteiger partial charge in [-0.05, 0) is 33.7 Å². The number of hydrogen-bond acceptors (Lipinski definition) is 5. The Balaban J connectivity index is 2.68. The van der Waals surface area contributed by atoms with Crippen LogP contribution in [-0.4, -0.2) is 31.7 Å². The first-order valence-electron chi connectivity index (χ1n) is 6.43. The van der Waals surface area contributed by atoms with Gasteiger partial charge >= 0.3 is 0 Å². The molecule has 1 unspecified atom stereocenters. The lowest BCUT2D eigenvalue weighted by Crippen LogP contribution is -2.47. The van der Waals surface area contributed by atoms with Crippen molar-refractivity contribution >= 4 is 21.4 Å². The molecule has 0 saturated carbocycles. The summed E-state index contributed by atoms with van der Waals surface area (Å²) in [6.07, 6.45) is 2.67. The van der Waals surface area contributed by atoms with E-state index in [0.29, 0.717) is 6.54 Å². The summed E-state index contributed by atoms with van der Waals surface area (Å²) in [7, 11) is -3.37. The van der Waals surface area contributed by atoms with Crippen molar-refractivity contribution in [3.05, 3.63) is 16.6 Å². The molecule has 0 amide bonds. The Morgan fingerprint density at radius 1 is 1.47 bits per heavy atom. The molecule has 0 bridgehead atoms. The van der Waals surface area contributed by atoms with Crippen molar-refractivity contribution in [3.63, 3.8) is 0 Å². The van der Waals surface area contributed by atoms with Crippen LogP contribution in [0.5, 0.6) is 0 Å². The number of aromatic nitrogens is 1. The first-order chi connectivity index (χ1) is 8.79. The van der Waals surface area contributed by atoms with Gasteiger partial charge in [-0.1, -0.05) is 6.92 Å². The number of hydrogen-bond donors (Lipinski definition) is 2. The summed E-state index contributed by atoms with van der Waals surface area (Å²) in [6.45, 7) is 8.71. The van der Waals surface area contributed by atoms with Gasteiger partial charge in [-0.15, -0.1) is 11.3 Å². The highest BCUT2D eigenvalue weighted by molar-refractivity contribution is 7.90. The van der Waals surface area contributed by atoms with Crippen LogP contribution in [0, 0.1) is 0 Å². The lowest BCUT2D eigenvalue weighted by atomic mass is 10.1. The predicted octanol–water partition coefficient (Wildman–Crippen LogP) is 1.69. The van der Waals surface area contributed by atoms with Crippen LogP contribution in [-0.2, 0) is 15.6 Å². The van der Waals surface area contributed by atoms with Gasteiger partial charge in [-0.25, -0.2) is 18.1 Å². The summed E-state index contributed by atoms with van der Waals surface area (Å²) in [4.78, 5) is 4.18. The van der Waals surface area contributed by atoms with Crippen molar-refractivity contribution in [3.8, 4) is 0 Å². The largest absolute Gasteiger partial charge is 0.315 e. The van der Waals surface area contributed by atoms with E-state index in [9.17, 15) is 8.42 Å². The molecule has 1 aromatic rings. The Bertz CT molecular complexity index is 469. The summed E-state index contributed by atoms with van der Waals surface area (Å²) in [5, 5.41) is 5.27. The molecular formula is C12H23N3O2S2. The average Bonchev–Trinajstić information content (AvgIpc) is 2.81. The van der Waals surface area contributed by atoms with Gasteiger partial charge < -0.3 is 5.32 Å². The average molecular weight is 305 g/mol. The van der Waals surface area contributed by atoms with Crippen molar-refractivity contribution < 1.29 is 8.42 Å². The molecule has 110 valence electrons. The molecule has 0 aliphatic rings. The molecule has 2 N–H and O–H groups in total. The van der Waals surface area contributed by atoms with Crippen LogP contribution in [0.3, 0.4) is 0 Å². The molecule has 1 aromatic heterocycles. The number of rotatable bonds is 8. The molecule has 0 radical (unpaired) electrons. The predicted molar refractivity (Wildman–Crippen MR) is 79.8 cm³/mol. The van der Waals surface area contributed by atoms with Gasteiger partial charge in [-0.3, -0.25) is 0 Å². The molecule has 0 aliphatic heterocycles. The summed E-state index contributed by atoms with van der Waals surface area (Å²) in [5.74, 6) is 0. The minimum absolute atomic E-state index is 0.455. The van der Waals surface area contributed by atoms with E-state index < -0.39 is 20.8 Å². The third-order valence-corrected chi connectivity index (χ3v) is 5.87. The SMILES string of the molecule is CCCNCC(C)S(=O)(=O)NC(C)(C)c1nccs1. The van der Waals surface area contributed by atoms with E-state index in [1.807, 2.05) is 19.2 Å². The fourth-order valence-electron chi connectivity index (χ4n) is 1.62. The molecule has 1 atom stereocenters. The summed E-state index contributed by atoms with van der Waals surface area (Å²) >= 11 is 1.45. The van der Waals surface area contributed by atoms with Gasteiger partial charge in [0.15, 0.2) is 0 Å². The molecule has 5 nitrogen and oxygen atoms in total. The number of nitrogens with zero attached hydrogens (tertiary/aromatic N) is 1. The van der Waals surface area contributed by atoms with Gasteiger partial charge in [0.2, 0.25) is 10.0 Å². The summed E-state index contributed by atoms with van der Waals surface area (Å²) in [5.41, 5.74) is -0.675. The third kappa shape index (κ3) is 4.83. The van der Waals surface area contributed by atoms with Crippen molar-refractivity contribution in [1.82, 2.24) is 15.0 Å². The maximum Gasteiger partial charge on any atom is 0.216 e. The lowest BCUT2D eigenvalue weighted by Gasteiger charge is -2.26. The highest BCUT2D eigenvalue weighted by Crippen LogP contribution is 2.23. The highest BCUT2D eigenvalue weighted by Gasteiger charge is 2.31. The van der Waals surface area contributed by atoms with Crippen LogP contribution in [0.25, 0.3) is 0 Å². The van der Waals surface area contributed by atoms with E-state index in [1.165, 1.54) is 11.3 Å². The van der Waals surface area contributed by atoms with Gasteiger partial charge in [0.25, 0.3) is 0 Å². The van der Waals surface area contributed by atoms with Crippen LogP contribution >= 0.6 is 11.3 Å². The quantitative estimate of drug-likeness (QED) is 0.717. The smallest absolute Gasteiger partial charge is 0.216 e. The van der Waals surface area contributed by atoms with E-state index in [4.69, 9.17) is 0 Å². The van der Waals surface area contributed by atoms with Crippen molar-refractivity contribution in [2.45, 2.75) is 44.9 Å². The van der Waals surface area contributed by atoms with Gasteiger partial charge in [0, 0.05) is 18.1 Å². The fourth-order valence-corrected chi connectivity index (χ4v) is 3.75. The lowest BCUT2D eigenvalue weighted by molar-refractivity contribution is 0.462. The molecule has 0 spiro atoms. The first kappa shape index (κ1) is 16.6. The Labute approximate surface area is 119 Å². The molecule has 0 fully saturated rings. The molecule has 1 rings (SSSR count). The fraction of sp³-hybridized carbons (Fsp3) is 0.750. The molecule has 0 aliphatic carbocycles. The van der Waals surface area contributed by atoms with Crippen molar-refractivity contribution in [2.24, 2.45) is 0 Å². The van der Waals surface area contributed by atoms with Crippen LogP contribution < -0.4 is 10.0 Å². The third-order valence-electron chi connectivity index (χ3n) is 2.75. The Hall–Kier alpha value is -0.500. The van der Waals surface area contributed by atoms with Crippen molar-refractivity contribution in [1.29, 1.82) is 0 Å². The normalized spacial score (nSPS) is 14.5. The van der Waals surface area contributed by atoms with Crippen molar-refractivity contribution in [2.75, 3.05) is 13.1 Å². The van der Waals surface area contributed by atoms with E-state index in [0.717, 1.165) is 18.0 Å². The summed E-state index contributed by atoms with van der Waals surface area (Å²) in [6, 6.07) is 0. The zero-order valence-corrected chi connectivity index (χ0v) is 13.6. The molecule has 1 heterocycles. The van der Waals surface area contributed by atoms with Gasteiger partial charge in [-0.2, -0.15) is 0 Å². The second-order valence-electron chi connectivity index (χ2n) is 5.12. The minimum Gasteiger partial charge on any atom is -0.315 e. The van der Waals surface area contributed by atoms with Crippen LogP contribution in [0.2, 0.25) is 0 Å². The topological polar surface area (TPSA) is 71.1 Å². The number of nitrogens with one attached hydrogen (secondary N) is 2. The monoisotopic (exact) mass is 305 g/mol. The second kappa shape index (κ2) is 6.78. The zero-order chi connectivity index (χ0) is 14.5. The number of thiazole rings is 1. The molecule has 0 aromatic carbocycles. The molecular weight excluding hydrogens is 282 g/mol. The maximum absolute atomic E-state index is 12.3. The Morgan fingerprint density at radius 3 is 2.68 bits per heavy atom. The van der Waals surface area contributed by atoms with Gasteiger partial charge in [0.05, 0.1) is 10.8 Å². The number of sulfonamides is 1.